The second-order valence-electron chi connectivity index (χ2n) is 3.22. The van der Waals surface area contributed by atoms with Crippen molar-refractivity contribution in [1.82, 2.24) is 0 Å². The Morgan fingerprint density at radius 3 is 2.69 bits per heavy atom. The summed E-state index contributed by atoms with van der Waals surface area (Å²) in [6.45, 7) is -0.917. The molecule has 0 heterocycles. The lowest BCUT2D eigenvalue weighted by Crippen LogP contribution is -2.20. The number of anilines is 2. The first-order valence-corrected chi connectivity index (χ1v) is 4.71. The first kappa shape index (κ1) is 12.6. The summed E-state index contributed by atoms with van der Waals surface area (Å²) in [6.07, 6.45) is -4.27. The third-order valence-corrected chi connectivity index (χ3v) is 1.73. The molecule has 0 saturated heterocycles. The highest BCUT2D eigenvalue weighted by molar-refractivity contribution is 5.53. The third kappa shape index (κ3) is 5.45. The van der Waals surface area contributed by atoms with E-state index in [-0.39, 0.29) is 6.61 Å². The zero-order valence-corrected chi connectivity index (χ0v) is 8.55. The van der Waals surface area contributed by atoms with Crippen LogP contribution in [0.2, 0.25) is 0 Å². The van der Waals surface area contributed by atoms with Gasteiger partial charge in [0, 0.05) is 17.9 Å². The molecule has 0 radical (unpaired) electrons. The summed E-state index contributed by atoms with van der Waals surface area (Å²) < 4.78 is 39.5. The summed E-state index contributed by atoms with van der Waals surface area (Å²) in [7, 11) is 0. The van der Waals surface area contributed by atoms with Gasteiger partial charge in [-0.25, -0.2) is 0 Å². The SMILES string of the molecule is Nc1cccc(NCCOCC(F)(F)F)c1. The van der Waals surface area contributed by atoms with E-state index in [0.29, 0.717) is 12.2 Å². The number of nitrogen functional groups attached to an aromatic ring is 1. The summed E-state index contributed by atoms with van der Waals surface area (Å²) >= 11 is 0. The van der Waals surface area contributed by atoms with Gasteiger partial charge in [0.2, 0.25) is 0 Å². The number of nitrogens with one attached hydrogen (secondary N) is 1. The molecule has 16 heavy (non-hydrogen) atoms. The minimum Gasteiger partial charge on any atom is -0.399 e. The van der Waals surface area contributed by atoms with Crippen LogP contribution in [0.1, 0.15) is 0 Å². The molecule has 0 aromatic heterocycles. The highest BCUT2D eigenvalue weighted by Gasteiger charge is 2.27. The van der Waals surface area contributed by atoms with Gasteiger partial charge in [-0.3, -0.25) is 0 Å². The van der Waals surface area contributed by atoms with Crippen molar-refractivity contribution in [2.45, 2.75) is 6.18 Å². The average Bonchev–Trinajstić information content (AvgIpc) is 2.15. The molecule has 0 unspecified atom stereocenters. The Morgan fingerprint density at radius 2 is 2.06 bits per heavy atom. The number of hydrogen-bond donors (Lipinski definition) is 2. The smallest absolute Gasteiger partial charge is 0.399 e. The highest BCUT2D eigenvalue weighted by Crippen LogP contribution is 2.14. The minimum atomic E-state index is -4.27. The number of rotatable bonds is 5. The molecule has 0 bridgehead atoms. The summed E-state index contributed by atoms with van der Waals surface area (Å²) in [4.78, 5) is 0. The maximum atomic E-state index is 11.7. The lowest BCUT2D eigenvalue weighted by molar-refractivity contribution is -0.172. The number of alkyl halides is 3. The molecule has 1 rings (SSSR count). The van der Waals surface area contributed by atoms with E-state index in [1.54, 1.807) is 24.3 Å². The Hall–Kier alpha value is -1.43. The molecular weight excluding hydrogens is 221 g/mol. The minimum absolute atomic E-state index is 0.00565. The predicted molar refractivity (Wildman–Crippen MR) is 56.2 cm³/mol. The molecule has 0 aliphatic heterocycles. The fraction of sp³-hybridized carbons (Fsp3) is 0.400. The van der Waals surface area contributed by atoms with Crippen LogP contribution >= 0.6 is 0 Å². The van der Waals surface area contributed by atoms with Crippen LogP contribution in [0, 0.1) is 0 Å². The molecule has 90 valence electrons. The molecule has 0 spiro atoms. The van der Waals surface area contributed by atoms with Crippen LogP contribution in [0.25, 0.3) is 0 Å². The molecule has 3 nitrogen and oxygen atoms in total. The molecule has 1 aromatic rings. The van der Waals surface area contributed by atoms with Gasteiger partial charge < -0.3 is 15.8 Å². The highest BCUT2D eigenvalue weighted by atomic mass is 19.4. The Balaban J connectivity index is 2.17. The van der Waals surface area contributed by atoms with Gasteiger partial charge in [-0.15, -0.1) is 0 Å². The van der Waals surface area contributed by atoms with Gasteiger partial charge in [-0.1, -0.05) is 6.07 Å². The Labute approximate surface area is 91.4 Å². The van der Waals surface area contributed by atoms with E-state index in [0.717, 1.165) is 5.69 Å². The van der Waals surface area contributed by atoms with Gasteiger partial charge in [0.25, 0.3) is 0 Å². The predicted octanol–water partition coefficient (Wildman–Crippen LogP) is 2.26. The van der Waals surface area contributed by atoms with Gasteiger partial charge in [-0.05, 0) is 18.2 Å². The number of benzene rings is 1. The van der Waals surface area contributed by atoms with Crippen molar-refractivity contribution in [1.29, 1.82) is 0 Å². The Bertz CT molecular complexity index is 328. The van der Waals surface area contributed by atoms with Crippen molar-refractivity contribution < 1.29 is 17.9 Å². The van der Waals surface area contributed by atoms with E-state index >= 15 is 0 Å². The molecular formula is C10H13F3N2O. The summed E-state index contributed by atoms with van der Waals surface area (Å²) in [5, 5.41) is 2.90. The zero-order valence-electron chi connectivity index (χ0n) is 8.55. The number of nitrogens with two attached hydrogens (primary N) is 1. The first-order valence-electron chi connectivity index (χ1n) is 4.71. The fourth-order valence-electron chi connectivity index (χ4n) is 1.10. The van der Waals surface area contributed by atoms with Crippen LogP contribution in [-0.4, -0.2) is 25.9 Å². The van der Waals surface area contributed by atoms with Crippen molar-refractivity contribution in [3.63, 3.8) is 0 Å². The normalized spacial score (nSPS) is 11.4. The van der Waals surface area contributed by atoms with E-state index in [9.17, 15) is 13.2 Å². The largest absolute Gasteiger partial charge is 0.411 e. The Morgan fingerprint density at radius 1 is 1.31 bits per heavy atom. The summed E-state index contributed by atoms with van der Waals surface area (Å²) in [5.41, 5.74) is 6.88. The standard InChI is InChI=1S/C10H13F3N2O/c11-10(12,13)7-16-5-4-15-9-3-1-2-8(14)6-9/h1-3,6,15H,4-5,7,14H2. The van der Waals surface area contributed by atoms with Crippen molar-refractivity contribution >= 4 is 11.4 Å². The first-order chi connectivity index (χ1) is 7.47. The average molecular weight is 234 g/mol. The van der Waals surface area contributed by atoms with E-state index in [1.807, 2.05) is 0 Å². The van der Waals surface area contributed by atoms with Crippen LogP contribution in [0.4, 0.5) is 24.5 Å². The molecule has 3 N–H and O–H groups in total. The summed E-state index contributed by atoms with van der Waals surface area (Å²) in [6, 6.07) is 6.96. The third-order valence-electron chi connectivity index (χ3n) is 1.73. The van der Waals surface area contributed by atoms with E-state index < -0.39 is 12.8 Å². The van der Waals surface area contributed by atoms with Crippen molar-refractivity contribution in [3.05, 3.63) is 24.3 Å². The molecule has 0 aliphatic rings. The molecule has 0 atom stereocenters. The van der Waals surface area contributed by atoms with Gasteiger partial charge in [0.15, 0.2) is 0 Å². The molecule has 0 saturated carbocycles. The fourth-order valence-corrected chi connectivity index (χ4v) is 1.10. The monoisotopic (exact) mass is 234 g/mol. The molecule has 0 fully saturated rings. The molecule has 0 aliphatic carbocycles. The topological polar surface area (TPSA) is 47.3 Å². The van der Waals surface area contributed by atoms with Crippen molar-refractivity contribution in [2.75, 3.05) is 30.8 Å². The second-order valence-corrected chi connectivity index (χ2v) is 3.22. The Kier molecular flexibility index (Phi) is 4.42. The number of halogens is 3. The second kappa shape index (κ2) is 5.60. The van der Waals surface area contributed by atoms with E-state index in [4.69, 9.17) is 5.73 Å². The quantitative estimate of drug-likeness (QED) is 0.606. The van der Waals surface area contributed by atoms with Crippen LogP contribution < -0.4 is 11.1 Å². The number of ether oxygens (including phenoxy) is 1. The maximum Gasteiger partial charge on any atom is 0.411 e. The van der Waals surface area contributed by atoms with Crippen molar-refractivity contribution in [3.8, 4) is 0 Å². The van der Waals surface area contributed by atoms with E-state index in [1.165, 1.54) is 0 Å². The van der Waals surface area contributed by atoms with Crippen LogP contribution in [0.15, 0.2) is 24.3 Å². The number of hydrogen-bond acceptors (Lipinski definition) is 3. The zero-order chi connectivity index (χ0) is 12.0. The molecule has 6 heteroatoms. The molecule has 0 amide bonds. The van der Waals surface area contributed by atoms with E-state index in [2.05, 4.69) is 10.1 Å². The maximum absolute atomic E-state index is 11.7. The van der Waals surface area contributed by atoms with Gasteiger partial charge >= 0.3 is 6.18 Å². The van der Waals surface area contributed by atoms with Gasteiger partial charge in [0.05, 0.1) is 6.61 Å². The van der Waals surface area contributed by atoms with Gasteiger partial charge in [0.1, 0.15) is 6.61 Å². The van der Waals surface area contributed by atoms with Crippen LogP contribution in [-0.2, 0) is 4.74 Å². The van der Waals surface area contributed by atoms with Gasteiger partial charge in [-0.2, -0.15) is 13.2 Å². The lowest BCUT2D eigenvalue weighted by Gasteiger charge is -2.09. The van der Waals surface area contributed by atoms with Crippen LogP contribution in [0.5, 0.6) is 0 Å². The van der Waals surface area contributed by atoms with Crippen molar-refractivity contribution in [2.24, 2.45) is 0 Å². The molecule has 1 aromatic carbocycles. The lowest BCUT2D eigenvalue weighted by atomic mass is 10.3. The summed E-state index contributed by atoms with van der Waals surface area (Å²) in [5.74, 6) is 0. The van der Waals surface area contributed by atoms with Crippen LogP contribution in [0.3, 0.4) is 0 Å².